The monoisotopic (exact) mass is 251 g/mol. The number of hydrogen-bond donors (Lipinski definition) is 1. The minimum absolute atomic E-state index is 0.00904. The molecule has 0 aliphatic carbocycles. The van der Waals surface area contributed by atoms with E-state index in [1.54, 1.807) is 31.4 Å². The molecular weight excluding hydrogens is 238 g/mol. The number of nitrogens with zero attached hydrogens (tertiary/aromatic N) is 1. The standard InChI is InChI=1S/C16H13NO2/c1-19-15-9-6-12(7-10-15)5-8-13-3-2-4-14(11-17)16(13)18/h2-10,18H,1H3/b8-5+. The van der Waals surface area contributed by atoms with Crippen LogP contribution in [0.25, 0.3) is 12.2 Å². The van der Waals surface area contributed by atoms with Crippen molar-refractivity contribution >= 4 is 12.2 Å². The molecule has 0 aliphatic rings. The molecule has 0 bridgehead atoms. The van der Waals surface area contributed by atoms with Crippen LogP contribution in [-0.2, 0) is 0 Å². The third kappa shape index (κ3) is 2.93. The molecule has 3 nitrogen and oxygen atoms in total. The zero-order valence-electron chi connectivity index (χ0n) is 10.5. The Morgan fingerprint density at radius 3 is 2.47 bits per heavy atom. The van der Waals surface area contributed by atoms with Gasteiger partial charge in [-0.05, 0) is 23.8 Å². The highest BCUT2D eigenvalue weighted by Crippen LogP contribution is 2.24. The maximum absolute atomic E-state index is 9.86. The number of hydrogen-bond acceptors (Lipinski definition) is 3. The lowest BCUT2D eigenvalue weighted by atomic mass is 10.1. The summed E-state index contributed by atoms with van der Waals surface area (Å²) in [5.74, 6) is 0.807. The van der Waals surface area contributed by atoms with Crippen LogP contribution < -0.4 is 4.74 Å². The molecule has 0 atom stereocenters. The summed E-state index contributed by atoms with van der Waals surface area (Å²) in [5, 5.41) is 18.7. The van der Waals surface area contributed by atoms with E-state index in [0.717, 1.165) is 11.3 Å². The van der Waals surface area contributed by atoms with Gasteiger partial charge in [-0.3, -0.25) is 0 Å². The summed E-state index contributed by atoms with van der Waals surface area (Å²) in [4.78, 5) is 0. The fourth-order valence-corrected chi connectivity index (χ4v) is 1.69. The molecule has 0 radical (unpaired) electrons. The van der Waals surface area contributed by atoms with Gasteiger partial charge in [-0.25, -0.2) is 0 Å². The Morgan fingerprint density at radius 1 is 1.11 bits per heavy atom. The highest BCUT2D eigenvalue weighted by atomic mass is 16.5. The Hall–Kier alpha value is -2.73. The van der Waals surface area contributed by atoms with E-state index in [4.69, 9.17) is 10.00 Å². The van der Waals surface area contributed by atoms with Gasteiger partial charge in [-0.2, -0.15) is 5.26 Å². The van der Waals surface area contributed by atoms with Crippen LogP contribution in [0.4, 0.5) is 0 Å². The quantitative estimate of drug-likeness (QED) is 0.850. The van der Waals surface area contributed by atoms with Crippen molar-refractivity contribution in [1.29, 1.82) is 5.26 Å². The Bertz CT molecular complexity index is 637. The minimum atomic E-state index is 0.00904. The van der Waals surface area contributed by atoms with Crippen LogP contribution in [-0.4, -0.2) is 12.2 Å². The lowest BCUT2D eigenvalue weighted by Crippen LogP contribution is -1.82. The van der Waals surface area contributed by atoms with Crippen LogP contribution in [0.15, 0.2) is 42.5 Å². The van der Waals surface area contributed by atoms with Gasteiger partial charge in [-0.15, -0.1) is 0 Å². The molecule has 1 N–H and O–H groups in total. The van der Waals surface area contributed by atoms with Crippen LogP contribution in [0, 0.1) is 11.3 Å². The molecule has 19 heavy (non-hydrogen) atoms. The summed E-state index contributed by atoms with van der Waals surface area (Å²) >= 11 is 0. The predicted octanol–water partition coefficient (Wildman–Crippen LogP) is 3.44. The molecule has 2 rings (SSSR count). The van der Waals surface area contributed by atoms with E-state index in [1.165, 1.54) is 0 Å². The lowest BCUT2D eigenvalue weighted by molar-refractivity contribution is 0.415. The smallest absolute Gasteiger partial charge is 0.140 e. The van der Waals surface area contributed by atoms with Crippen molar-refractivity contribution < 1.29 is 9.84 Å². The largest absolute Gasteiger partial charge is 0.506 e. The molecule has 0 amide bonds. The SMILES string of the molecule is COc1ccc(/C=C/c2cccc(C#N)c2O)cc1. The van der Waals surface area contributed by atoms with Gasteiger partial charge in [-0.1, -0.05) is 36.4 Å². The summed E-state index contributed by atoms with van der Waals surface area (Å²) in [5.41, 5.74) is 1.88. The Balaban J connectivity index is 2.25. The first kappa shape index (κ1) is 12.7. The molecule has 2 aromatic rings. The number of para-hydroxylation sites is 1. The van der Waals surface area contributed by atoms with Crippen molar-refractivity contribution in [2.75, 3.05) is 7.11 Å². The second-order valence-corrected chi connectivity index (χ2v) is 3.96. The van der Waals surface area contributed by atoms with Crippen molar-refractivity contribution in [3.05, 3.63) is 59.2 Å². The van der Waals surface area contributed by atoms with E-state index in [9.17, 15) is 5.11 Å². The first-order valence-electron chi connectivity index (χ1n) is 5.79. The number of aromatic hydroxyl groups is 1. The summed E-state index contributed by atoms with van der Waals surface area (Å²) in [6.45, 7) is 0. The van der Waals surface area contributed by atoms with Gasteiger partial charge in [0, 0.05) is 5.56 Å². The summed E-state index contributed by atoms with van der Waals surface area (Å²) in [7, 11) is 1.62. The van der Waals surface area contributed by atoms with Crippen LogP contribution in [0.3, 0.4) is 0 Å². The van der Waals surface area contributed by atoms with Crippen LogP contribution in [0.5, 0.6) is 11.5 Å². The van der Waals surface area contributed by atoms with Gasteiger partial charge in [0.2, 0.25) is 0 Å². The first-order chi connectivity index (χ1) is 9.24. The number of ether oxygens (including phenoxy) is 1. The molecule has 0 spiro atoms. The molecule has 0 saturated carbocycles. The number of rotatable bonds is 3. The normalized spacial score (nSPS) is 10.3. The zero-order valence-corrected chi connectivity index (χ0v) is 10.5. The zero-order chi connectivity index (χ0) is 13.7. The van der Waals surface area contributed by atoms with E-state index >= 15 is 0 Å². The molecule has 0 aromatic heterocycles. The minimum Gasteiger partial charge on any atom is -0.506 e. The topological polar surface area (TPSA) is 53.2 Å². The molecule has 0 heterocycles. The third-order valence-electron chi connectivity index (χ3n) is 2.76. The van der Waals surface area contributed by atoms with Gasteiger partial charge < -0.3 is 9.84 Å². The van der Waals surface area contributed by atoms with E-state index in [0.29, 0.717) is 5.56 Å². The number of phenols is 1. The first-order valence-corrected chi connectivity index (χ1v) is 5.79. The lowest BCUT2D eigenvalue weighted by Gasteiger charge is -2.01. The molecule has 0 unspecified atom stereocenters. The summed E-state index contributed by atoms with van der Waals surface area (Å²) < 4.78 is 5.08. The molecule has 94 valence electrons. The molecule has 0 saturated heterocycles. The fourth-order valence-electron chi connectivity index (χ4n) is 1.69. The second kappa shape index (κ2) is 5.74. The molecule has 3 heteroatoms. The Labute approximate surface area is 112 Å². The van der Waals surface area contributed by atoms with Gasteiger partial charge in [0.25, 0.3) is 0 Å². The van der Waals surface area contributed by atoms with Gasteiger partial charge in [0.05, 0.1) is 12.7 Å². The van der Waals surface area contributed by atoms with E-state index < -0.39 is 0 Å². The highest BCUT2D eigenvalue weighted by Gasteiger charge is 2.02. The Morgan fingerprint density at radius 2 is 1.84 bits per heavy atom. The molecule has 2 aromatic carbocycles. The number of benzene rings is 2. The summed E-state index contributed by atoms with van der Waals surface area (Å²) in [6, 6.07) is 14.6. The third-order valence-corrected chi connectivity index (χ3v) is 2.76. The number of nitriles is 1. The predicted molar refractivity (Wildman–Crippen MR) is 74.7 cm³/mol. The van der Waals surface area contributed by atoms with Crippen LogP contribution >= 0.6 is 0 Å². The van der Waals surface area contributed by atoms with Crippen LogP contribution in [0.1, 0.15) is 16.7 Å². The number of methoxy groups -OCH3 is 1. The van der Waals surface area contributed by atoms with Gasteiger partial charge in [0.1, 0.15) is 17.6 Å². The van der Waals surface area contributed by atoms with Gasteiger partial charge >= 0.3 is 0 Å². The second-order valence-electron chi connectivity index (χ2n) is 3.96. The fraction of sp³-hybridized carbons (Fsp3) is 0.0625. The van der Waals surface area contributed by atoms with E-state index in [-0.39, 0.29) is 11.3 Å². The highest BCUT2D eigenvalue weighted by molar-refractivity contribution is 5.74. The Kier molecular flexibility index (Phi) is 3.84. The average molecular weight is 251 g/mol. The number of phenolic OH excluding ortho intramolecular Hbond substituents is 1. The van der Waals surface area contributed by atoms with E-state index in [1.807, 2.05) is 36.4 Å². The molecule has 0 aliphatic heterocycles. The maximum atomic E-state index is 9.86. The maximum Gasteiger partial charge on any atom is 0.140 e. The molecular formula is C16H13NO2. The average Bonchev–Trinajstić information content (AvgIpc) is 2.47. The van der Waals surface area contributed by atoms with Crippen molar-refractivity contribution in [2.45, 2.75) is 0 Å². The van der Waals surface area contributed by atoms with Crippen molar-refractivity contribution in [1.82, 2.24) is 0 Å². The molecule has 0 fully saturated rings. The van der Waals surface area contributed by atoms with E-state index in [2.05, 4.69) is 0 Å². The summed E-state index contributed by atoms with van der Waals surface area (Å²) in [6.07, 6.45) is 3.65. The van der Waals surface area contributed by atoms with Crippen LogP contribution in [0.2, 0.25) is 0 Å². The van der Waals surface area contributed by atoms with Crippen molar-refractivity contribution in [2.24, 2.45) is 0 Å². The van der Waals surface area contributed by atoms with Crippen molar-refractivity contribution in [3.63, 3.8) is 0 Å². The van der Waals surface area contributed by atoms with Gasteiger partial charge in [0.15, 0.2) is 0 Å². The van der Waals surface area contributed by atoms with Crippen molar-refractivity contribution in [3.8, 4) is 17.6 Å².